The minimum Gasteiger partial charge on any atom is -0.359 e. The Morgan fingerprint density at radius 3 is 2.64 bits per heavy atom. The maximum absolute atomic E-state index is 12.7. The summed E-state index contributed by atoms with van der Waals surface area (Å²) in [4.78, 5) is 26.6. The van der Waals surface area contributed by atoms with Crippen LogP contribution < -0.4 is 5.32 Å². The maximum atomic E-state index is 12.7. The van der Waals surface area contributed by atoms with E-state index in [4.69, 9.17) is 4.52 Å². The number of nitrogens with one attached hydrogen (secondary N) is 1. The number of likely N-dealkylation sites (tertiary alicyclic amines) is 1. The van der Waals surface area contributed by atoms with E-state index in [0.29, 0.717) is 42.4 Å². The standard InChI is InChI=1S/C16H25N3O3/c1-10(2)9-13(19-8-6-5-7-14(19)20)16(21)17-15-11(3)18-22-12(15)4/h10,13H,5-9H2,1-4H3,(H,17,21). The van der Waals surface area contributed by atoms with Gasteiger partial charge in [0.15, 0.2) is 5.76 Å². The molecular weight excluding hydrogens is 282 g/mol. The van der Waals surface area contributed by atoms with E-state index < -0.39 is 6.04 Å². The van der Waals surface area contributed by atoms with Crippen molar-refractivity contribution in [2.45, 2.75) is 59.4 Å². The molecule has 0 bridgehead atoms. The number of carbonyl (C=O) groups is 2. The number of amides is 2. The molecule has 1 aliphatic rings. The van der Waals surface area contributed by atoms with Crippen molar-refractivity contribution < 1.29 is 14.1 Å². The maximum Gasteiger partial charge on any atom is 0.247 e. The molecule has 6 heteroatoms. The highest BCUT2D eigenvalue weighted by atomic mass is 16.5. The van der Waals surface area contributed by atoms with Gasteiger partial charge in [-0.25, -0.2) is 0 Å². The molecule has 1 aromatic rings. The molecule has 1 saturated heterocycles. The zero-order valence-corrected chi connectivity index (χ0v) is 13.8. The fourth-order valence-corrected chi connectivity index (χ4v) is 2.85. The predicted octanol–water partition coefficient (Wildman–Crippen LogP) is 2.66. The quantitative estimate of drug-likeness (QED) is 0.907. The van der Waals surface area contributed by atoms with Crippen molar-refractivity contribution in [3.63, 3.8) is 0 Å². The number of aromatic nitrogens is 1. The van der Waals surface area contributed by atoms with E-state index in [1.807, 2.05) is 0 Å². The van der Waals surface area contributed by atoms with E-state index in [1.165, 1.54) is 0 Å². The topological polar surface area (TPSA) is 75.4 Å². The lowest BCUT2D eigenvalue weighted by atomic mass is 9.98. The SMILES string of the molecule is Cc1noc(C)c1NC(=O)C(CC(C)C)N1CCCCC1=O. The van der Waals surface area contributed by atoms with E-state index in [1.54, 1.807) is 18.7 Å². The Bertz CT molecular complexity index is 531. The summed E-state index contributed by atoms with van der Waals surface area (Å²) in [7, 11) is 0. The highest BCUT2D eigenvalue weighted by Gasteiger charge is 2.32. The number of nitrogens with zero attached hydrogens (tertiary/aromatic N) is 2. The molecule has 2 amide bonds. The molecule has 1 unspecified atom stereocenters. The summed E-state index contributed by atoms with van der Waals surface area (Å²) in [6, 6.07) is -0.429. The Balaban J connectivity index is 2.17. The van der Waals surface area contributed by atoms with Gasteiger partial charge in [0.05, 0.1) is 0 Å². The van der Waals surface area contributed by atoms with Gasteiger partial charge in [0.2, 0.25) is 11.8 Å². The third-order valence-electron chi connectivity index (χ3n) is 4.02. The van der Waals surface area contributed by atoms with E-state index in [9.17, 15) is 9.59 Å². The van der Waals surface area contributed by atoms with Gasteiger partial charge in [-0.15, -0.1) is 0 Å². The lowest BCUT2D eigenvalue weighted by Gasteiger charge is -2.34. The zero-order chi connectivity index (χ0) is 16.3. The van der Waals surface area contributed by atoms with Gasteiger partial charge in [-0.05, 0) is 39.0 Å². The van der Waals surface area contributed by atoms with Crippen LogP contribution in [0.3, 0.4) is 0 Å². The normalized spacial score (nSPS) is 17.0. The van der Waals surface area contributed by atoms with Crippen molar-refractivity contribution in [2.24, 2.45) is 5.92 Å². The summed E-state index contributed by atoms with van der Waals surface area (Å²) in [5, 5.41) is 6.74. The first-order chi connectivity index (χ1) is 10.4. The van der Waals surface area contributed by atoms with E-state index in [2.05, 4.69) is 24.3 Å². The molecule has 2 rings (SSSR count). The molecule has 1 N–H and O–H groups in total. The van der Waals surface area contributed by atoms with Crippen molar-refractivity contribution >= 4 is 17.5 Å². The van der Waals surface area contributed by atoms with Crippen LogP contribution in [0.4, 0.5) is 5.69 Å². The van der Waals surface area contributed by atoms with Gasteiger partial charge in [0, 0.05) is 13.0 Å². The average molecular weight is 307 g/mol. The summed E-state index contributed by atoms with van der Waals surface area (Å²) in [6.07, 6.45) is 3.06. The van der Waals surface area contributed by atoms with Crippen LogP contribution >= 0.6 is 0 Å². The molecular formula is C16H25N3O3. The number of anilines is 1. The van der Waals surface area contributed by atoms with Crippen LogP contribution in [0.25, 0.3) is 0 Å². The summed E-state index contributed by atoms with van der Waals surface area (Å²) >= 11 is 0. The number of rotatable bonds is 5. The van der Waals surface area contributed by atoms with Crippen molar-refractivity contribution in [1.29, 1.82) is 0 Å². The second-order valence-electron chi connectivity index (χ2n) is 6.38. The Hall–Kier alpha value is -1.85. The molecule has 0 saturated carbocycles. The minimum absolute atomic E-state index is 0.0748. The zero-order valence-electron chi connectivity index (χ0n) is 13.8. The molecule has 22 heavy (non-hydrogen) atoms. The molecule has 0 spiro atoms. The molecule has 1 aliphatic heterocycles. The lowest BCUT2D eigenvalue weighted by molar-refractivity contribution is -0.141. The molecule has 0 radical (unpaired) electrons. The van der Waals surface area contributed by atoms with Gasteiger partial charge >= 0.3 is 0 Å². The van der Waals surface area contributed by atoms with Gasteiger partial charge < -0.3 is 14.7 Å². The Kier molecular flexibility index (Phi) is 5.21. The van der Waals surface area contributed by atoms with Gasteiger partial charge in [-0.2, -0.15) is 0 Å². The first-order valence-corrected chi connectivity index (χ1v) is 7.93. The minimum atomic E-state index is -0.429. The molecule has 1 atom stereocenters. The summed E-state index contributed by atoms with van der Waals surface area (Å²) in [5.74, 6) is 0.832. The number of aryl methyl sites for hydroxylation is 2. The average Bonchev–Trinajstić information content (AvgIpc) is 2.77. The van der Waals surface area contributed by atoms with E-state index >= 15 is 0 Å². The summed E-state index contributed by atoms with van der Waals surface area (Å²) in [6.45, 7) is 8.33. The molecule has 122 valence electrons. The predicted molar refractivity (Wildman–Crippen MR) is 83.4 cm³/mol. The van der Waals surface area contributed by atoms with Crippen LogP contribution in [0.15, 0.2) is 4.52 Å². The van der Waals surface area contributed by atoms with E-state index in [0.717, 1.165) is 12.8 Å². The number of hydrogen-bond acceptors (Lipinski definition) is 4. The monoisotopic (exact) mass is 307 g/mol. The van der Waals surface area contributed by atoms with Gasteiger partial charge in [-0.3, -0.25) is 9.59 Å². The molecule has 1 fully saturated rings. The van der Waals surface area contributed by atoms with Crippen molar-refractivity contribution in [3.05, 3.63) is 11.5 Å². The number of hydrogen-bond donors (Lipinski definition) is 1. The highest BCUT2D eigenvalue weighted by molar-refractivity contribution is 5.98. The Morgan fingerprint density at radius 2 is 2.09 bits per heavy atom. The second-order valence-corrected chi connectivity index (χ2v) is 6.38. The number of carbonyl (C=O) groups excluding carboxylic acids is 2. The fourth-order valence-electron chi connectivity index (χ4n) is 2.85. The molecule has 0 aromatic carbocycles. The summed E-state index contributed by atoms with van der Waals surface area (Å²) in [5.41, 5.74) is 1.27. The van der Waals surface area contributed by atoms with Crippen molar-refractivity contribution in [1.82, 2.24) is 10.1 Å². The highest BCUT2D eigenvalue weighted by Crippen LogP contribution is 2.23. The van der Waals surface area contributed by atoms with Gasteiger partial charge in [0.1, 0.15) is 17.4 Å². The summed E-state index contributed by atoms with van der Waals surface area (Å²) < 4.78 is 5.08. The molecule has 6 nitrogen and oxygen atoms in total. The lowest BCUT2D eigenvalue weighted by Crippen LogP contribution is -2.50. The van der Waals surface area contributed by atoms with Crippen LogP contribution in [0.2, 0.25) is 0 Å². The Labute approximate surface area is 131 Å². The van der Waals surface area contributed by atoms with Crippen molar-refractivity contribution in [3.8, 4) is 0 Å². The Morgan fingerprint density at radius 1 is 1.36 bits per heavy atom. The largest absolute Gasteiger partial charge is 0.359 e. The first-order valence-electron chi connectivity index (χ1n) is 7.93. The fraction of sp³-hybridized carbons (Fsp3) is 0.688. The second kappa shape index (κ2) is 6.94. The smallest absolute Gasteiger partial charge is 0.247 e. The molecule has 2 heterocycles. The van der Waals surface area contributed by atoms with Gasteiger partial charge in [-0.1, -0.05) is 19.0 Å². The molecule has 1 aromatic heterocycles. The number of piperidine rings is 1. The van der Waals surface area contributed by atoms with Crippen LogP contribution in [0.5, 0.6) is 0 Å². The third kappa shape index (κ3) is 3.67. The third-order valence-corrected chi connectivity index (χ3v) is 4.02. The van der Waals surface area contributed by atoms with Crippen LogP contribution in [0.1, 0.15) is 51.0 Å². The molecule has 0 aliphatic carbocycles. The first kappa shape index (κ1) is 16.5. The van der Waals surface area contributed by atoms with Crippen LogP contribution in [0, 0.1) is 19.8 Å². The van der Waals surface area contributed by atoms with Gasteiger partial charge in [0.25, 0.3) is 0 Å². The van der Waals surface area contributed by atoms with Crippen molar-refractivity contribution in [2.75, 3.05) is 11.9 Å². The van der Waals surface area contributed by atoms with Crippen LogP contribution in [-0.2, 0) is 9.59 Å². The van der Waals surface area contributed by atoms with E-state index in [-0.39, 0.29) is 11.8 Å². The van der Waals surface area contributed by atoms with Crippen LogP contribution in [-0.4, -0.2) is 34.5 Å².